The molecule has 1 amide bonds. The van der Waals surface area contributed by atoms with Crippen LogP contribution in [0.2, 0.25) is 0 Å². The molecular weight excluding hydrogens is 1770 g/mol. The number of amides is 1. The minimum absolute atomic E-state index is 0.118. The average molecular weight is 1940 g/mol. The number of aliphatic hydroxyl groups is 1. The summed E-state index contributed by atoms with van der Waals surface area (Å²) in [5.41, 5.74) is 19.9. The molecule has 8 aromatic rings. The topological polar surface area (TPSA) is 361 Å². The van der Waals surface area contributed by atoms with E-state index in [2.05, 4.69) is 217 Å². The standard InChI is InChI=1S/C14H24N2O.C13H22N2O.C13H24N2.2C13H21NO2.C13H19NO2.C11H17NO2.C9H13NO.C3H4O2.C2H6O.CH3I/c1-4-5-7-12-10-13(15-14(12)11-17)8-6-9-16(2)3;1-4-5-6-11-9-12(14-10-11)7-8-13(16)15(2)3;1-4-5-7-12-10-13(14-11-12)8-6-9-15(2)3;3*1-3-5-6-11-9-12(14-10-11)7-8-13(15)16-4-2;1-2-3-4-9-7-10(12-8-9)5-6-11(13)14;1-2-3-4-8-5-9(7-11)10-6-8;1-2-3(4)5;1-2-3;1-2/h10-11,15H,4-9H2,1-3H3;9-10,14H,4-8H2,1-3H3;10-11,14H,4-9H2,1-3H3;2*9-10,14H,3-8H2,1-2H3;7-10,14H,3-6H2,1-2H3;7-8,12H,2-6H2,1H3,(H,13,14);5-7,10H,2-4H2,1H3;2H,1H2,(H,4,5);3H,2H2,1H3;1H3/b;;;;;8-7+;;;;;. The molecule has 0 aliphatic rings. The number of aliphatic hydroxyl groups excluding tert-OH is 1. The van der Waals surface area contributed by atoms with Crippen LogP contribution in [0.3, 0.4) is 0 Å². The second-order valence-electron chi connectivity index (χ2n) is 32.4. The van der Waals surface area contributed by atoms with Crippen molar-refractivity contribution in [1.29, 1.82) is 0 Å². The van der Waals surface area contributed by atoms with Crippen molar-refractivity contribution in [3.05, 3.63) is 206 Å². The van der Waals surface area contributed by atoms with E-state index in [0.717, 1.165) is 137 Å². The molecule has 0 unspecified atom stereocenters. The number of aldehydes is 2. The lowest BCUT2D eigenvalue weighted by Crippen LogP contribution is -2.21. The van der Waals surface area contributed by atoms with Crippen LogP contribution in [0.5, 0.6) is 0 Å². The normalized spacial score (nSPS) is 10.2. The molecule has 0 aromatic carbocycles. The van der Waals surface area contributed by atoms with Gasteiger partial charge in [-0.25, -0.2) is 9.59 Å². The molecule has 25 nitrogen and oxygen atoms in total. The molecule has 0 bridgehead atoms. The Labute approximate surface area is 801 Å². The first kappa shape index (κ1) is 126. The van der Waals surface area contributed by atoms with E-state index in [4.69, 9.17) is 29.5 Å². The number of carboxylic acid groups (broad SMARTS) is 2. The van der Waals surface area contributed by atoms with Gasteiger partial charge in [-0.1, -0.05) is 136 Å². The predicted molar refractivity (Wildman–Crippen MR) is 549 cm³/mol. The Morgan fingerprint density at radius 1 is 0.374 bits per heavy atom. The zero-order valence-electron chi connectivity index (χ0n) is 84.0. The van der Waals surface area contributed by atoms with Crippen LogP contribution in [0, 0.1) is 0 Å². The number of ether oxygens (including phenoxy) is 3. The summed E-state index contributed by atoms with van der Waals surface area (Å²) in [5.74, 6) is -2.07. The van der Waals surface area contributed by atoms with Crippen LogP contribution < -0.4 is 0 Å². The number of carbonyl (C=O) groups excluding carboxylic acids is 6. The number of hydrogen-bond acceptors (Lipinski definition) is 14. The number of rotatable bonds is 52. The van der Waals surface area contributed by atoms with E-state index in [1.165, 1.54) is 190 Å². The van der Waals surface area contributed by atoms with Crippen molar-refractivity contribution in [2.45, 2.75) is 314 Å². The largest absolute Gasteiger partial charge is 0.481 e. The summed E-state index contributed by atoms with van der Waals surface area (Å²) in [7, 11) is 12.0. The van der Waals surface area contributed by atoms with E-state index in [-0.39, 0.29) is 36.8 Å². The van der Waals surface area contributed by atoms with Crippen LogP contribution in [-0.2, 0) is 133 Å². The molecule has 11 N–H and O–H groups in total. The van der Waals surface area contributed by atoms with Gasteiger partial charge in [-0.2, -0.15) is 0 Å². The van der Waals surface area contributed by atoms with Gasteiger partial charge in [-0.3, -0.25) is 28.8 Å². The van der Waals surface area contributed by atoms with Gasteiger partial charge in [0.05, 0.1) is 50.5 Å². The number of H-pyrrole nitrogens is 8. The van der Waals surface area contributed by atoms with Gasteiger partial charge in [-0.05, 0) is 327 Å². The van der Waals surface area contributed by atoms with Crippen molar-refractivity contribution in [2.75, 3.05) is 86.7 Å². The number of carboxylic acids is 2. The Morgan fingerprint density at radius 3 is 0.969 bits per heavy atom. The molecule has 0 radical (unpaired) electrons. The van der Waals surface area contributed by atoms with Gasteiger partial charge in [0.25, 0.3) is 0 Å². The third-order valence-corrected chi connectivity index (χ3v) is 19.8. The number of nitrogens with one attached hydrogen (secondary N) is 8. The average Bonchev–Trinajstić information content (AvgIpc) is 1.72. The highest BCUT2D eigenvalue weighted by Crippen LogP contribution is 2.18. The molecule has 8 rings (SSSR count). The number of aryl methyl sites for hydroxylation is 14. The lowest BCUT2D eigenvalue weighted by atomic mass is 10.1. The number of unbranched alkanes of at least 4 members (excludes halogenated alkanes) is 8. The molecule has 0 saturated carbocycles. The maximum atomic E-state index is 11.4. The number of carbonyl (C=O) groups is 8. The fraction of sp³-hybridized carbons (Fsp3) is 0.581. The Kier molecular flexibility index (Phi) is 82.4. The Bertz CT molecular complexity index is 4080. The van der Waals surface area contributed by atoms with E-state index in [0.29, 0.717) is 51.2 Å². The highest BCUT2D eigenvalue weighted by atomic mass is 127. The number of hydrogen-bond donors (Lipinski definition) is 11. The number of aromatic nitrogens is 8. The molecule has 0 atom stereocenters. The summed E-state index contributed by atoms with van der Waals surface area (Å²) >= 11 is 2.15. The van der Waals surface area contributed by atoms with Crippen LogP contribution in [0.25, 0.3) is 6.08 Å². The first-order chi connectivity index (χ1) is 63.1. The zero-order chi connectivity index (χ0) is 98.6. The number of esters is 3. The molecule has 0 aliphatic heterocycles. The van der Waals surface area contributed by atoms with Gasteiger partial charge in [0, 0.05) is 123 Å². The van der Waals surface area contributed by atoms with Gasteiger partial charge in [-0.15, -0.1) is 0 Å². The first-order valence-electron chi connectivity index (χ1n) is 48.0. The maximum absolute atomic E-state index is 11.4. The van der Waals surface area contributed by atoms with E-state index in [1.807, 2.05) is 55.8 Å². The molecule has 0 fully saturated rings. The van der Waals surface area contributed by atoms with Gasteiger partial charge < -0.3 is 84.1 Å². The molecule has 0 aliphatic carbocycles. The molecular formula is C105H174IN11O14. The fourth-order valence-corrected chi connectivity index (χ4v) is 12.5. The summed E-state index contributed by atoms with van der Waals surface area (Å²) < 4.78 is 14.6. The van der Waals surface area contributed by atoms with E-state index in [1.54, 1.807) is 38.9 Å². The number of halogens is 1. The lowest BCUT2D eigenvalue weighted by Gasteiger charge is -2.08. The van der Waals surface area contributed by atoms with Crippen molar-refractivity contribution < 1.29 is 67.9 Å². The lowest BCUT2D eigenvalue weighted by molar-refractivity contribution is -0.144. The third kappa shape index (κ3) is 71.8. The zero-order valence-corrected chi connectivity index (χ0v) is 86.2. The predicted octanol–water partition coefficient (Wildman–Crippen LogP) is 22.4. The van der Waals surface area contributed by atoms with E-state index in [9.17, 15) is 38.4 Å². The summed E-state index contributed by atoms with van der Waals surface area (Å²) in [6, 6.07) is 17.0. The van der Waals surface area contributed by atoms with Gasteiger partial charge in [0.2, 0.25) is 5.91 Å². The number of aliphatic carboxylic acids is 2. The molecule has 0 spiro atoms. The van der Waals surface area contributed by atoms with Crippen LogP contribution >= 0.6 is 22.6 Å². The van der Waals surface area contributed by atoms with Crippen LogP contribution in [0.4, 0.5) is 0 Å². The third-order valence-electron chi connectivity index (χ3n) is 19.8. The molecule has 8 aromatic heterocycles. The van der Waals surface area contributed by atoms with Gasteiger partial charge >= 0.3 is 29.8 Å². The fourth-order valence-electron chi connectivity index (χ4n) is 12.5. The summed E-state index contributed by atoms with van der Waals surface area (Å²) in [6.07, 6.45) is 57.3. The van der Waals surface area contributed by atoms with Crippen molar-refractivity contribution in [2.24, 2.45) is 0 Å². The SMILES string of the molecule is C=CC(=O)O.CCCCc1c[nH]c(/C=C/C(=O)OCC)c1.CCCCc1c[nH]c(C=O)c1.CCCCc1c[nH]c(CCC(=O)N(C)C)c1.CCCCc1c[nH]c(CCC(=O)O)c1.CCCCc1c[nH]c(CCC(=O)OCC)c1.CCCCc1c[nH]c(CCC(=O)OCC)c1.CCCCc1c[nH]c(CCCN(C)C)c1.CCCCc1cc(CCCN(C)C)[nH]c1C=O.CCO.CI. The van der Waals surface area contributed by atoms with E-state index < -0.39 is 11.9 Å². The van der Waals surface area contributed by atoms with Crippen LogP contribution in [0.15, 0.2) is 111 Å². The smallest absolute Gasteiger partial charge is 0.330 e. The van der Waals surface area contributed by atoms with Crippen LogP contribution in [0.1, 0.15) is 330 Å². The molecule has 26 heteroatoms. The minimum atomic E-state index is -0.981. The molecule has 131 heavy (non-hydrogen) atoms. The highest BCUT2D eigenvalue weighted by Gasteiger charge is 2.12. The quantitative estimate of drug-likeness (QED) is 0.00421. The monoisotopic (exact) mass is 1940 g/mol. The molecule has 8 heterocycles. The second kappa shape index (κ2) is 85.9. The summed E-state index contributed by atoms with van der Waals surface area (Å²) in [6.45, 7) is 31.4. The minimum Gasteiger partial charge on any atom is -0.481 e. The number of alkyl halides is 1. The maximum Gasteiger partial charge on any atom is 0.330 e. The van der Waals surface area contributed by atoms with Gasteiger partial charge in [0.1, 0.15) is 0 Å². The first-order valence-corrected chi connectivity index (χ1v) is 50.2. The van der Waals surface area contributed by atoms with Crippen molar-refractivity contribution in [3.63, 3.8) is 0 Å². The number of aromatic amines is 8. The van der Waals surface area contributed by atoms with Crippen molar-refractivity contribution >= 4 is 77.0 Å². The highest BCUT2D eigenvalue weighted by molar-refractivity contribution is 14.1. The second-order valence-corrected chi connectivity index (χ2v) is 32.4. The Hall–Kier alpha value is -9.51. The molecule has 0 saturated heterocycles. The van der Waals surface area contributed by atoms with Gasteiger partial charge in [0.15, 0.2) is 12.6 Å². The number of nitrogens with zero attached hydrogens (tertiary/aromatic N) is 3. The van der Waals surface area contributed by atoms with Crippen molar-refractivity contribution in [3.8, 4) is 0 Å². The van der Waals surface area contributed by atoms with Crippen LogP contribution in [-0.4, -0.2) is 205 Å². The molecule has 740 valence electrons. The summed E-state index contributed by atoms with van der Waals surface area (Å²) in [4.78, 5) is 119. The van der Waals surface area contributed by atoms with E-state index >= 15 is 0 Å². The summed E-state index contributed by atoms with van der Waals surface area (Å²) in [5, 5.41) is 23.7. The Morgan fingerprint density at radius 2 is 0.672 bits per heavy atom. The van der Waals surface area contributed by atoms with Crippen molar-refractivity contribution in [1.82, 2.24) is 54.6 Å². The Balaban J connectivity index is -0.00000141.